The number of nitrogens with one attached hydrogen (secondary N) is 3. The number of rotatable bonds is 7. The number of carbonyl (C=O) groups excluding carboxylic acids is 2. The van der Waals surface area contributed by atoms with Crippen molar-refractivity contribution in [1.82, 2.24) is 15.6 Å². The summed E-state index contributed by atoms with van der Waals surface area (Å²) in [5, 5.41) is 9.81. The fraction of sp³-hybridized carbons (Fsp3) is 0.353. The van der Waals surface area contributed by atoms with Crippen LogP contribution < -0.4 is 16.0 Å². The number of ether oxygens (including phenoxy) is 2. The molecule has 2 rings (SSSR count). The Hall–Kier alpha value is -2.58. The number of anilines is 1. The molecule has 0 spiro atoms. The molecule has 0 aliphatic heterocycles. The van der Waals surface area contributed by atoms with E-state index in [0.717, 1.165) is 16.3 Å². The Labute approximate surface area is 158 Å². The van der Waals surface area contributed by atoms with Gasteiger partial charge in [0.15, 0.2) is 0 Å². The highest BCUT2D eigenvalue weighted by Crippen LogP contribution is 2.20. The molecule has 3 N–H and O–H groups in total. The third-order valence-electron chi connectivity index (χ3n) is 3.38. The van der Waals surface area contributed by atoms with Gasteiger partial charge in [0.25, 0.3) is 0 Å². The quantitative estimate of drug-likeness (QED) is 0.639. The molecular formula is C17H23ClN4O4. The highest BCUT2D eigenvalue weighted by atomic mass is 35.5. The second kappa shape index (κ2) is 11.1. The summed E-state index contributed by atoms with van der Waals surface area (Å²) in [5.74, 6) is 0.461. The van der Waals surface area contributed by atoms with Crippen LogP contribution >= 0.6 is 12.4 Å². The maximum atomic E-state index is 11.6. The lowest BCUT2D eigenvalue weighted by atomic mass is 10.1. The number of halogens is 1. The lowest BCUT2D eigenvalue weighted by Gasteiger charge is -2.10. The SMILES string of the molecule is CCNC(=O)Nc1cc2cccc(CNC(=O)OCCOC)c2cn1.Cl. The van der Waals surface area contributed by atoms with Gasteiger partial charge in [-0.25, -0.2) is 14.6 Å². The first-order valence-corrected chi connectivity index (χ1v) is 7.96. The highest BCUT2D eigenvalue weighted by Gasteiger charge is 2.07. The predicted octanol–water partition coefficient (Wildman–Crippen LogP) is 2.67. The Kier molecular flexibility index (Phi) is 9.18. The van der Waals surface area contributed by atoms with Gasteiger partial charge in [0.05, 0.1) is 6.61 Å². The van der Waals surface area contributed by atoms with Crippen LogP contribution in [0.4, 0.5) is 15.4 Å². The van der Waals surface area contributed by atoms with Gasteiger partial charge in [0.1, 0.15) is 12.4 Å². The van der Waals surface area contributed by atoms with Gasteiger partial charge in [0, 0.05) is 31.8 Å². The number of pyridine rings is 1. The van der Waals surface area contributed by atoms with E-state index in [2.05, 4.69) is 20.9 Å². The number of urea groups is 1. The standard InChI is InChI=1S/C17H22N4O4.ClH/c1-3-18-16(22)21-15-9-12-5-4-6-13(14(12)11-19-15)10-20-17(23)25-8-7-24-2;/h4-6,9,11H,3,7-8,10H2,1-2H3,(H,20,23)(H2,18,19,21,22);1H. The number of nitrogens with zero attached hydrogens (tertiary/aromatic N) is 1. The summed E-state index contributed by atoms with van der Waals surface area (Å²) >= 11 is 0. The number of alkyl carbamates (subject to hydrolysis) is 1. The number of methoxy groups -OCH3 is 1. The zero-order chi connectivity index (χ0) is 18.1. The van der Waals surface area contributed by atoms with E-state index < -0.39 is 6.09 Å². The molecule has 142 valence electrons. The van der Waals surface area contributed by atoms with Crippen LogP contribution in [0.15, 0.2) is 30.5 Å². The lowest BCUT2D eigenvalue weighted by molar-refractivity contribution is 0.0983. The van der Waals surface area contributed by atoms with Crippen LogP contribution in [0.25, 0.3) is 10.8 Å². The minimum atomic E-state index is -0.503. The molecule has 1 heterocycles. The van der Waals surface area contributed by atoms with Gasteiger partial charge in [-0.05, 0) is 23.9 Å². The van der Waals surface area contributed by atoms with E-state index in [1.807, 2.05) is 25.1 Å². The molecule has 0 aliphatic carbocycles. The zero-order valence-corrected chi connectivity index (χ0v) is 15.5. The number of amides is 3. The maximum absolute atomic E-state index is 11.6. The van der Waals surface area contributed by atoms with E-state index in [1.54, 1.807) is 19.4 Å². The van der Waals surface area contributed by atoms with Gasteiger partial charge in [-0.3, -0.25) is 5.32 Å². The Balaban J connectivity index is 0.00000338. The lowest BCUT2D eigenvalue weighted by Crippen LogP contribution is -2.28. The minimum Gasteiger partial charge on any atom is -0.447 e. The first-order valence-electron chi connectivity index (χ1n) is 7.96. The number of hydrogen-bond donors (Lipinski definition) is 3. The smallest absolute Gasteiger partial charge is 0.407 e. The number of carbonyl (C=O) groups is 2. The van der Waals surface area contributed by atoms with E-state index in [9.17, 15) is 9.59 Å². The second-order valence-electron chi connectivity index (χ2n) is 5.17. The van der Waals surface area contributed by atoms with Crippen molar-refractivity contribution in [2.75, 3.05) is 32.2 Å². The number of aromatic nitrogens is 1. The molecule has 9 heteroatoms. The molecule has 3 amide bonds. The van der Waals surface area contributed by atoms with Crippen LogP contribution in [0.2, 0.25) is 0 Å². The Bertz CT molecular complexity index is 742. The Morgan fingerprint density at radius 3 is 2.73 bits per heavy atom. The summed E-state index contributed by atoms with van der Waals surface area (Å²) in [5.41, 5.74) is 0.901. The average molecular weight is 383 g/mol. The number of fused-ring (bicyclic) bond motifs is 1. The van der Waals surface area contributed by atoms with Gasteiger partial charge in [0.2, 0.25) is 0 Å². The molecule has 0 radical (unpaired) electrons. The summed E-state index contributed by atoms with van der Waals surface area (Å²) in [6.07, 6.45) is 1.17. The largest absolute Gasteiger partial charge is 0.447 e. The van der Waals surface area contributed by atoms with Crippen molar-refractivity contribution in [1.29, 1.82) is 0 Å². The molecule has 0 bridgehead atoms. The molecule has 0 saturated heterocycles. The molecule has 0 atom stereocenters. The third-order valence-corrected chi connectivity index (χ3v) is 3.38. The van der Waals surface area contributed by atoms with Gasteiger partial charge in [-0.1, -0.05) is 18.2 Å². The molecule has 0 saturated carbocycles. The molecule has 0 fully saturated rings. The fourth-order valence-electron chi connectivity index (χ4n) is 2.21. The van der Waals surface area contributed by atoms with Crippen LogP contribution in [0, 0.1) is 0 Å². The molecule has 1 aromatic carbocycles. The van der Waals surface area contributed by atoms with Crippen LogP contribution in [-0.2, 0) is 16.0 Å². The van der Waals surface area contributed by atoms with Crippen molar-refractivity contribution in [3.05, 3.63) is 36.0 Å². The maximum Gasteiger partial charge on any atom is 0.407 e. The number of hydrogen-bond acceptors (Lipinski definition) is 5. The highest BCUT2D eigenvalue weighted by molar-refractivity contribution is 5.92. The molecule has 2 aromatic rings. The van der Waals surface area contributed by atoms with Crippen molar-refractivity contribution >= 4 is 41.1 Å². The van der Waals surface area contributed by atoms with Crippen molar-refractivity contribution in [2.24, 2.45) is 0 Å². The second-order valence-corrected chi connectivity index (χ2v) is 5.17. The van der Waals surface area contributed by atoms with Crippen molar-refractivity contribution in [3.63, 3.8) is 0 Å². The zero-order valence-electron chi connectivity index (χ0n) is 14.7. The van der Waals surface area contributed by atoms with E-state index in [-0.39, 0.29) is 25.0 Å². The van der Waals surface area contributed by atoms with Gasteiger partial charge < -0.3 is 20.1 Å². The summed E-state index contributed by atoms with van der Waals surface area (Å²) in [7, 11) is 1.54. The monoisotopic (exact) mass is 382 g/mol. The number of benzene rings is 1. The molecule has 26 heavy (non-hydrogen) atoms. The molecular weight excluding hydrogens is 360 g/mol. The van der Waals surface area contributed by atoms with Crippen molar-refractivity contribution in [3.8, 4) is 0 Å². The van der Waals surface area contributed by atoms with Crippen molar-refractivity contribution in [2.45, 2.75) is 13.5 Å². The fourth-order valence-corrected chi connectivity index (χ4v) is 2.21. The Morgan fingerprint density at radius 2 is 2.00 bits per heavy atom. The first-order chi connectivity index (χ1) is 12.1. The van der Waals surface area contributed by atoms with E-state index in [4.69, 9.17) is 9.47 Å². The first kappa shape index (κ1) is 21.5. The van der Waals surface area contributed by atoms with Gasteiger partial charge in [-0.2, -0.15) is 0 Å². The van der Waals surface area contributed by atoms with Crippen molar-refractivity contribution < 1.29 is 19.1 Å². The normalized spacial score (nSPS) is 9.92. The van der Waals surface area contributed by atoms with Crippen LogP contribution in [0.5, 0.6) is 0 Å². The average Bonchev–Trinajstić information content (AvgIpc) is 2.60. The topological polar surface area (TPSA) is 102 Å². The molecule has 0 unspecified atom stereocenters. The van der Waals surface area contributed by atoms with E-state index >= 15 is 0 Å². The Morgan fingerprint density at radius 1 is 1.19 bits per heavy atom. The van der Waals surface area contributed by atoms with E-state index in [1.165, 1.54) is 0 Å². The van der Waals surface area contributed by atoms with E-state index in [0.29, 0.717) is 25.5 Å². The third kappa shape index (κ3) is 6.38. The predicted molar refractivity (Wildman–Crippen MR) is 102 cm³/mol. The molecule has 0 aliphatic rings. The minimum absolute atomic E-state index is 0. The van der Waals surface area contributed by atoms with Crippen LogP contribution in [0.1, 0.15) is 12.5 Å². The summed E-state index contributed by atoms with van der Waals surface area (Å²) in [4.78, 5) is 27.4. The molecule has 8 nitrogen and oxygen atoms in total. The van der Waals surface area contributed by atoms with Crippen LogP contribution in [-0.4, -0.2) is 44.0 Å². The van der Waals surface area contributed by atoms with Crippen LogP contribution in [0.3, 0.4) is 0 Å². The van der Waals surface area contributed by atoms with Gasteiger partial charge >= 0.3 is 12.1 Å². The summed E-state index contributed by atoms with van der Waals surface area (Å²) in [6.45, 7) is 3.25. The van der Waals surface area contributed by atoms with Gasteiger partial charge in [-0.15, -0.1) is 12.4 Å². The summed E-state index contributed by atoms with van der Waals surface area (Å²) in [6, 6.07) is 7.18. The summed E-state index contributed by atoms with van der Waals surface area (Å²) < 4.78 is 9.78. The molecule has 1 aromatic heterocycles.